The molecule has 0 fully saturated rings. The van der Waals surface area contributed by atoms with Gasteiger partial charge in [-0.1, -0.05) is 41.7 Å². The van der Waals surface area contributed by atoms with Crippen LogP contribution in [-0.4, -0.2) is 44.2 Å². The van der Waals surface area contributed by atoms with Crippen molar-refractivity contribution in [2.24, 2.45) is 5.16 Å². The van der Waals surface area contributed by atoms with Crippen molar-refractivity contribution in [3.8, 4) is 5.75 Å². The molecule has 1 aliphatic rings. The molecular formula is C17H21Cl2NO5. The standard InChI is InChI=1S/C17H21Cl2NO5/c1-4-5-6-23-15-9-24-20-16(15)11-7-12(18)13(19)8-14(11)25-10(2)17(21)22-3/h7-8,10,15H,4-6,9H2,1-3H3. The fourth-order valence-electron chi connectivity index (χ4n) is 2.26. The molecule has 0 bridgehead atoms. The number of carbonyl (C=O) groups is 1. The lowest BCUT2D eigenvalue weighted by Gasteiger charge is -2.18. The Balaban J connectivity index is 2.29. The van der Waals surface area contributed by atoms with Gasteiger partial charge >= 0.3 is 5.97 Å². The summed E-state index contributed by atoms with van der Waals surface area (Å²) in [6.07, 6.45) is 0.814. The van der Waals surface area contributed by atoms with Crippen LogP contribution in [0.3, 0.4) is 0 Å². The van der Waals surface area contributed by atoms with Gasteiger partial charge in [-0.3, -0.25) is 0 Å². The lowest BCUT2D eigenvalue weighted by Crippen LogP contribution is -2.28. The van der Waals surface area contributed by atoms with E-state index in [1.807, 2.05) is 0 Å². The number of hydrogen-bond donors (Lipinski definition) is 0. The molecule has 1 aromatic rings. The van der Waals surface area contributed by atoms with Crippen LogP contribution in [-0.2, 0) is 19.1 Å². The van der Waals surface area contributed by atoms with Crippen molar-refractivity contribution in [2.75, 3.05) is 20.3 Å². The third-order valence-corrected chi connectivity index (χ3v) is 4.37. The second-order valence-corrected chi connectivity index (χ2v) is 6.35. The van der Waals surface area contributed by atoms with Crippen molar-refractivity contribution < 1.29 is 23.8 Å². The van der Waals surface area contributed by atoms with Gasteiger partial charge in [-0.15, -0.1) is 0 Å². The molecule has 138 valence electrons. The molecule has 0 aromatic heterocycles. The average Bonchev–Trinajstić information content (AvgIpc) is 3.05. The molecule has 0 aliphatic carbocycles. The quantitative estimate of drug-likeness (QED) is 0.498. The second kappa shape index (κ2) is 9.27. The first-order valence-corrected chi connectivity index (χ1v) is 8.78. The van der Waals surface area contributed by atoms with Crippen LogP contribution < -0.4 is 4.74 Å². The van der Waals surface area contributed by atoms with Crippen LogP contribution in [0.2, 0.25) is 10.0 Å². The molecule has 1 heterocycles. The number of rotatable bonds is 8. The Morgan fingerprint density at radius 2 is 2.12 bits per heavy atom. The van der Waals surface area contributed by atoms with Crippen LogP contribution >= 0.6 is 23.2 Å². The molecule has 2 atom stereocenters. The number of hydrogen-bond acceptors (Lipinski definition) is 6. The van der Waals surface area contributed by atoms with Gasteiger partial charge in [0.25, 0.3) is 0 Å². The summed E-state index contributed by atoms with van der Waals surface area (Å²) in [6.45, 7) is 4.58. The molecule has 1 aromatic carbocycles. The van der Waals surface area contributed by atoms with Gasteiger partial charge < -0.3 is 19.0 Å². The van der Waals surface area contributed by atoms with Crippen molar-refractivity contribution in [1.29, 1.82) is 0 Å². The summed E-state index contributed by atoms with van der Waals surface area (Å²) >= 11 is 12.2. The summed E-state index contributed by atoms with van der Waals surface area (Å²) in [7, 11) is 1.30. The number of benzene rings is 1. The van der Waals surface area contributed by atoms with Gasteiger partial charge in [0.15, 0.2) is 6.10 Å². The molecule has 25 heavy (non-hydrogen) atoms. The van der Waals surface area contributed by atoms with Gasteiger partial charge in [0.05, 0.1) is 17.2 Å². The SMILES string of the molecule is CCCCOC1CON=C1c1cc(Cl)c(Cl)cc1OC(C)C(=O)OC. The highest BCUT2D eigenvalue weighted by Crippen LogP contribution is 2.33. The van der Waals surface area contributed by atoms with E-state index in [4.69, 9.17) is 37.5 Å². The van der Waals surface area contributed by atoms with Crippen molar-refractivity contribution in [3.05, 3.63) is 27.7 Å². The molecule has 8 heteroatoms. The summed E-state index contributed by atoms with van der Waals surface area (Å²) in [4.78, 5) is 16.8. The zero-order valence-corrected chi connectivity index (χ0v) is 15.9. The Bertz CT molecular complexity index is 650. The third-order valence-electron chi connectivity index (χ3n) is 3.65. The van der Waals surface area contributed by atoms with E-state index in [1.54, 1.807) is 19.1 Å². The maximum absolute atomic E-state index is 11.7. The first kappa shape index (κ1) is 19.8. The van der Waals surface area contributed by atoms with Gasteiger partial charge in [-0.2, -0.15) is 0 Å². The van der Waals surface area contributed by atoms with Gasteiger partial charge in [0.1, 0.15) is 24.2 Å². The minimum atomic E-state index is -0.816. The summed E-state index contributed by atoms with van der Waals surface area (Å²) in [5, 5.41) is 4.71. The van der Waals surface area contributed by atoms with Crippen molar-refractivity contribution >= 4 is 34.9 Å². The minimum Gasteiger partial charge on any atom is -0.478 e. The van der Waals surface area contributed by atoms with E-state index in [0.29, 0.717) is 40.3 Å². The van der Waals surface area contributed by atoms with Crippen LogP contribution in [0, 0.1) is 0 Å². The summed E-state index contributed by atoms with van der Waals surface area (Å²) in [5.74, 6) is -0.141. The summed E-state index contributed by atoms with van der Waals surface area (Å²) < 4.78 is 16.2. The fraction of sp³-hybridized carbons (Fsp3) is 0.529. The number of ether oxygens (including phenoxy) is 3. The zero-order valence-electron chi connectivity index (χ0n) is 14.4. The first-order chi connectivity index (χ1) is 12.0. The van der Waals surface area contributed by atoms with Crippen molar-refractivity contribution in [1.82, 2.24) is 0 Å². The van der Waals surface area contributed by atoms with E-state index in [0.717, 1.165) is 12.8 Å². The smallest absolute Gasteiger partial charge is 0.346 e. The van der Waals surface area contributed by atoms with Gasteiger partial charge in [-0.05, 0) is 19.4 Å². The molecule has 6 nitrogen and oxygen atoms in total. The highest BCUT2D eigenvalue weighted by molar-refractivity contribution is 6.42. The number of halogens is 2. The maximum atomic E-state index is 11.7. The Kier molecular flexibility index (Phi) is 7.35. The molecule has 1 aliphatic heterocycles. The van der Waals surface area contributed by atoms with Crippen LogP contribution in [0.1, 0.15) is 32.3 Å². The number of methoxy groups -OCH3 is 1. The molecule has 0 amide bonds. The van der Waals surface area contributed by atoms with Crippen LogP contribution in [0.15, 0.2) is 17.3 Å². The zero-order chi connectivity index (χ0) is 18.4. The molecule has 0 saturated carbocycles. The lowest BCUT2D eigenvalue weighted by molar-refractivity contribution is -0.147. The molecular weight excluding hydrogens is 369 g/mol. The number of unbranched alkanes of at least 4 members (excludes halogenated alkanes) is 1. The Hall–Kier alpha value is -1.50. The largest absolute Gasteiger partial charge is 0.478 e. The Labute approximate surface area is 157 Å². The number of esters is 1. The van der Waals surface area contributed by atoms with Gasteiger partial charge in [0, 0.05) is 18.2 Å². The normalized spacial score (nSPS) is 17.6. The van der Waals surface area contributed by atoms with E-state index < -0.39 is 12.1 Å². The molecule has 0 radical (unpaired) electrons. The maximum Gasteiger partial charge on any atom is 0.346 e. The molecule has 0 spiro atoms. The third kappa shape index (κ3) is 5.00. The highest BCUT2D eigenvalue weighted by Gasteiger charge is 2.30. The topological polar surface area (TPSA) is 66.3 Å². The summed E-state index contributed by atoms with van der Waals surface area (Å²) in [5.41, 5.74) is 1.13. The predicted molar refractivity (Wildman–Crippen MR) is 95.7 cm³/mol. The van der Waals surface area contributed by atoms with E-state index >= 15 is 0 Å². The van der Waals surface area contributed by atoms with E-state index in [2.05, 4.69) is 16.8 Å². The summed E-state index contributed by atoms with van der Waals surface area (Å²) in [6, 6.07) is 3.18. The highest BCUT2D eigenvalue weighted by atomic mass is 35.5. The van der Waals surface area contributed by atoms with E-state index in [1.165, 1.54) is 7.11 Å². The monoisotopic (exact) mass is 389 g/mol. The average molecular weight is 390 g/mol. The fourth-order valence-corrected chi connectivity index (χ4v) is 2.58. The Morgan fingerprint density at radius 3 is 2.80 bits per heavy atom. The van der Waals surface area contributed by atoms with Crippen LogP contribution in [0.25, 0.3) is 0 Å². The van der Waals surface area contributed by atoms with E-state index in [-0.39, 0.29) is 6.10 Å². The predicted octanol–water partition coefficient (Wildman–Crippen LogP) is 3.85. The van der Waals surface area contributed by atoms with Crippen molar-refractivity contribution in [2.45, 2.75) is 38.9 Å². The number of nitrogens with zero attached hydrogens (tertiary/aromatic N) is 1. The number of carbonyl (C=O) groups excluding carboxylic acids is 1. The van der Waals surface area contributed by atoms with Crippen molar-refractivity contribution in [3.63, 3.8) is 0 Å². The van der Waals surface area contributed by atoms with Gasteiger partial charge in [-0.25, -0.2) is 4.79 Å². The molecule has 2 unspecified atom stereocenters. The molecule has 0 saturated heterocycles. The lowest BCUT2D eigenvalue weighted by atomic mass is 10.0. The van der Waals surface area contributed by atoms with E-state index in [9.17, 15) is 4.79 Å². The molecule has 2 rings (SSSR count). The minimum absolute atomic E-state index is 0.306. The van der Waals surface area contributed by atoms with Crippen LogP contribution in [0.5, 0.6) is 5.75 Å². The van der Waals surface area contributed by atoms with Gasteiger partial charge in [0.2, 0.25) is 0 Å². The Morgan fingerprint density at radius 1 is 1.40 bits per heavy atom. The first-order valence-electron chi connectivity index (χ1n) is 8.03. The van der Waals surface area contributed by atoms with Crippen LogP contribution in [0.4, 0.5) is 0 Å². The second-order valence-electron chi connectivity index (χ2n) is 5.53. The molecule has 0 N–H and O–H groups in total. The number of oxime groups is 1.